The number of thioether (sulfide) groups is 1. The summed E-state index contributed by atoms with van der Waals surface area (Å²) < 4.78 is 2.29. The van der Waals surface area contributed by atoms with Crippen molar-refractivity contribution >= 4 is 45.2 Å². The minimum Gasteiger partial charge on any atom is -0.341 e. The molecule has 0 atom stereocenters. The van der Waals surface area contributed by atoms with Gasteiger partial charge in [-0.1, -0.05) is 31.5 Å². The molecule has 1 N–H and O–H groups in total. The Morgan fingerprint density at radius 3 is 2.69 bits per heavy atom. The van der Waals surface area contributed by atoms with Crippen LogP contribution in [0.5, 0.6) is 0 Å². The molecule has 162 valence electrons. The molecule has 4 rings (SSSR count). The number of nitrogens with zero attached hydrogens (tertiary/aromatic N) is 3. The Morgan fingerprint density at radius 1 is 1.09 bits per heavy atom. The molecule has 1 amide bonds. The van der Waals surface area contributed by atoms with E-state index in [0.717, 1.165) is 36.2 Å². The van der Waals surface area contributed by atoms with Crippen LogP contribution in [-0.2, 0) is 17.8 Å². The van der Waals surface area contributed by atoms with Crippen molar-refractivity contribution < 1.29 is 4.79 Å². The second kappa shape index (κ2) is 9.88. The maximum Gasteiger partial charge on any atom is 0.225 e. The van der Waals surface area contributed by atoms with Crippen molar-refractivity contribution in [2.75, 3.05) is 11.1 Å². The lowest BCUT2D eigenvalue weighted by Crippen LogP contribution is -2.12. The van der Waals surface area contributed by atoms with Crippen LogP contribution in [-0.4, -0.2) is 21.2 Å². The molecule has 32 heavy (non-hydrogen) atoms. The van der Waals surface area contributed by atoms with E-state index >= 15 is 0 Å². The number of fused-ring (bicyclic) bond motifs is 3. The maximum absolute atomic E-state index is 12.6. The fourth-order valence-electron chi connectivity index (χ4n) is 4.01. The van der Waals surface area contributed by atoms with Gasteiger partial charge in [0.2, 0.25) is 5.91 Å². The number of carbonyl (C=O) groups excluding carboxylic acids is 1. The van der Waals surface area contributed by atoms with Gasteiger partial charge >= 0.3 is 0 Å². The molecule has 2 aromatic carbocycles. The van der Waals surface area contributed by atoms with Crippen molar-refractivity contribution in [3.63, 3.8) is 0 Å². The standard InChI is InChI=1S/C26H26N4OS/c1-3-7-19-11-10-18(17-27)26(29-19)32-15-14-25(31)28-20-12-13-24-22(16-20)21-8-5-6-9-23(21)30(24)4-2/h5-6,8-13,16H,3-4,7,14-15H2,1-2H3,(H,28,31). The fraction of sp³-hybridized carbons (Fsp3) is 0.269. The number of aryl methyl sites for hydroxylation is 2. The Hall–Kier alpha value is -3.30. The number of pyridine rings is 1. The lowest BCUT2D eigenvalue weighted by molar-refractivity contribution is -0.115. The minimum atomic E-state index is -0.0423. The van der Waals surface area contributed by atoms with Gasteiger partial charge in [-0.3, -0.25) is 4.79 Å². The molecule has 0 bridgehead atoms. The molecule has 0 spiro atoms. The van der Waals surface area contributed by atoms with Crippen LogP contribution in [0.25, 0.3) is 21.8 Å². The van der Waals surface area contributed by atoms with E-state index in [1.807, 2.05) is 24.3 Å². The summed E-state index contributed by atoms with van der Waals surface area (Å²) in [4.78, 5) is 17.2. The average Bonchev–Trinajstić information content (AvgIpc) is 3.12. The van der Waals surface area contributed by atoms with Gasteiger partial charge in [0, 0.05) is 51.9 Å². The van der Waals surface area contributed by atoms with Crippen molar-refractivity contribution in [2.45, 2.75) is 44.7 Å². The van der Waals surface area contributed by atoms with Crippen molar-refractivity contribution in [1.29, 1.82) is 5.26 Å². The van der Waals surface area contributed by atoms with Crippen LogP contribution in [0.4, 0.5) is 5.69 Å². The number of benzene rings is 2. The predicted molar refractivity (Wildman–Crippen MR) is 132 cm³/mol. The highest BCUT2D eigenvalue weighted by Gasteiger charge is 2.12. The molecule has 0 aliphatic rings. The van der Waals surface area contributed by atoms with Crippen molar-refractivity contribution in [3.05, 3.63) is 65.9 Å². The minimum absolute atomic E-state index is 0.0423. The molecule has 0 aliphatic carbocycles. The molecule has 0 saturated carbocycles. The number of nitrogens with one attached hydrogen (secondary N) is 1. The number of amides is 1. The van der Waals surface area contributed by atoms with Crippen molar-refractivity contribution in [2.24, 2.45) is 0 Å². The van der Waals surface area contributed by atoms with Gasteiger partial charge in [0.25, 0.3) is 0 Å². The number of carbonyl (C=O) groups is 1. The van der Waals surface area contributed by atoms with Crippen LogP contribution in [0.1, 0.15) is 37.9 Å². The molecule has 2 aromatic heterocycles. The van der Waals surface area contributed by atoms with Crippen LogP contribution < -0.4 is 5.32 Å². The van der Waals surface area contributed by atoms with Crippen LogP contribution in [0.2, 0.25) is 0 Å². The molecule has 5 nitrogen and oxygen atoms in total. The zero-order valence-corrected chi connectivity index (χ0v) is 19.2. The first kappa shape index (κ1) is 21.9. The molecular weight excluding hydrogens is 416 g/mol. The zero-order valence-electron chi connectivity index (χ0n) is 18.4. The van der Waals surface area contributed by atoms with Crippen LogP contribution in [0.15, 0.2) is 59.6 Å². The number of hydrogen-bond acceptors (Lipinski definition) is 4. The molecule has 0 fully saturated rings. The monoisotopic (exact) mass is 442 g/mol. The maximum atomic E-state index is 12.6. The first-order valence-electron chi connectivity index (χ1n) is 11.0. The van der Waals surface area contributed by atoms with Crippen molar-refractivity contribution in [3.8, 4) is 6.07 Å². The first-order chi connectivity index (χ1) is 15.6. The van der Waals surface area contributed by atoms with Gasteiger partial charge < -0.3 is 9.88 Å². The average molecular weight is 443 g/mol. The summed E-state index contributed by atoms with van der Waals surface area (Å²) in [5.41, 5.74) is 4.72. The van der Waals surface area contributed by atoms with Crippen LogP contribution >= 0.6 is 11.8 Å². The number of hydrogen-bond donors (Lipinski definition) is 1. The third kappa shape index (κ3) is 4.49. The van der Waals surface area contributed by atoms with E-state index in [-0.39, 0.29) is 5.91 Å². The summed E-state index contributed by atoms with van der Waals surface area (Å²) in [6.45, 7) is 5.14. The van der Waals surface area contributed by atoms with Crippen LogP contribution in [0.3, 0.4) is 0 Å². The Bertz CT molecular complexity index is 1320. The fourth-order valence-corrected chi connectivity index (χ4v) is 4.94. The summed E-state index contributed by atoms with van der Waals surface area (Å²) >= 11 is 1.46. The molecule has 2 heterocycles. The van der Waals surface area contributed by atoms with E-state index in [9.17, 15) is 10.1 Å². The molecule has 0 radical (unpaired) electrons. The van der Waals surface area contributed by atoms with E-state index in [4.69, 9.17) is 0 Å². The first-order valence-corrected chi connectivity index (χ1v) is 12.0. The van der Waals surface area contributed by atoms with E-state index in [1.54, 1.807) is 0 Å². The number of nitriles is 1. The number of para-hydroxylation sites is 1. The highest BCUT2D eigenvalue weighted by molar-refractivity contribution is 7.99. The van der Waals surface area contributed by atoms with Crippen LogP contribution in [0, 0.1) is 11.3 Å². The predicted octanol–water partition coefficient (Wildman–Crippen LogP) is 6.15. The van der Waals surface area contributed by atoms with Gasteiger partial charge in [0.1, 0.15) is 11.1 Å². The second-order valence-corrected chi connectivity index (χ2v) is 8.74. The SMILES string of the molecule is CCCc1ccc(C#N)c(SCCC(=O)Nc2ccc3c(c2)c2ccccc2n3CC)n1. The van der Waals surface area contributed by atoms with Gasteiger partial charge in [0.15, 0.2) is 0 Å². The summed E-state index contributed by atoms with van der Waals surface area (Å²) in [6, 6.07) is 20.4. The molecule has 0 saturated heterocycles. The van der Waals surface area contributed by atoms with Gasteiger partial charge in [-0.15, -0.1) is 11.8 Å². The van der Waals surface area contributed by atoms with Gasteiger partial charge in [-0.25, -0.2) is 4.98 Å². The van der Waals surface area contributed by atoms with E-state index in [0.29, 0.717) is 22.8 Å². The van der Waals surface area contributed by atoms with Gasteiger partial charge in [0.05, 0.1) is 5.56 Å². The molecule has 0 aliphatic heterocycles. The second-order valence-electron chi connectivity index (χ2n) is 7.66. The van der Waals surface area contributed by atoms with Gasteiger partial charge in [-0.2, -0.15) is 5.26 Å². The number of rotatable bonds is 8. The lowest BCUT2D eigenvalue weighted by Gasteiger charge is -2.08. The molecular formula is C26H26N4OS. The van der Waals surface area contributed by atoms with E-state index in [1.165, 1.54) is 28.2 Å². The molecule has 4 aromatic rings. The highest BCUT2D eigenvalue weighted by Crippen LogP contribution is 2.31. The summed E-state index contributed by atoms with van der Waals surface area (Å²) in [7, 11) is 0. The quantitative estimate of drug-likeness (QED) is 0.332. The molecule has 0 unspecified atom stereocenters. The summed E-state index contributed by atoms with van der Waals surface area (Å²) in [6.07, 6.45) is 2.24. The third-order valence-corrected chi connectivity index (χ3v) is 6.48. The topological polar surface area (TPSA) is 70.7 Å². The zero-order chi connectivity index (χ0) is 22.5. The third-order valence-electron chi connectivity index (χ3n) is 5.48. The smallest absolute Gasteiger partial charge is 0.225 e. The lowest BCUT2D eigenvalue weighted by atomic mass is 10.1. The largest absolute Gasteiger partial charge is 0.341 e. The Labute approximate surface area is 192 Å². The van der Waals surface area contributed by atoms with Gasteiger partial charge in [-0.05, 0) is 49.7 Å². The Balaban J connectivity index is 1.44. The summed E-state index contributed by atoms with van der Waals surface area (Å²) in [5.74, 6) is 0.528. The Morgan fingerprint density at radius 2 is 1.91 bits per heavy atom. The van der Waals surface area contributed by atoms with E-state index < -0.39 is 0 Å². The molecule has 6 heteroatoms. The number of aromatic nitrogens is 2. The van der Waals surface area contributed by atoms with E-state index in [2.05, 4.69) is 65.1 Å². The highest BCUT2D eigenvalue weighted by atomic mass is 32.2. The van der Waals surface area contributed by atoms with Crippen molar-refractivity contribution in [1.82, 2.24) is 9.55 Å². The number of anilines is 1. The normalized spacial score (nSPS) is 11.0. The summed E-state index contributed by atoms with van der Waals surface area (Å²) in [5, 5.41) is 15.4. The Kier molecular flexibility index (Phi) is 6.77.